The highest BCUT2D eigenvalue weighted by Gasteiger charge is 2.33. The summed E-state index contributed by atoms with van der Waals surface area (Å²) in [5, 5.41) is 4.60. The number of urea groups is 1. The molecule has 1 aromatic carbocycles. The van der Waals surface area contributed by atoms with E-state index in [4.69, 9.17) is 4.74 Å². The Labute approximate surface area is 147 Å². The number of benzene rings is 1. The van der Waals surface area contributed by atoms with Crippen LogP contribution in [0.3, 0.4) is 0 Å². The maximum Gasteiger partial charge on any atom is 0.418 e. The maximum atomic E-state index is 12.9. The average Bonchev–Trinajstić information content (AvgIpc) is 2.62. The number of halogens is 3. The molecule has 0 saturated carbocycles. The van der Waals surface area contributed by atoms with Crippen LogP contribution in [-0.2, 0) is 10.9 Å². The molecule has 1 aliphatic rings. The van der Waals surface area contributed by atoms with Gasteiger partial charge >= 0.3 is 12.2 Å². The summed E-state index contributed by atoms with van der Waals surface area (Å²) in [6.07, 6.45) is -1.77. The van der Waals surface area contributed by atoms with Gasteiger partial charge in [-0.2, -0.15) is 13.2 Å². The van der Waals surface area contributed by atoms with Gasteiger partial charge in [-0.15, -0.1) is 0 Å². The highest BCUT2D eigenvalue weighted by atomic mass is 19.4. The molecule has 0 bridgehead atoms. The van der Waals surface area contributed by atoms with Gasteiger partial charge in [-0.1, -0.05) is 12.1 Å². The molecule has 1 aromatic heterocycles. The van der Waals surface area contributed by atoms with Gasteiger partial charge in [0, 0.05) is 13.1 Å². The third-order valence-corrected chi connectivity index (χ3v) is 3.67. The fourth-order valence-corrected chi connectivity index (χ4v) is 2.44. The second kappa shape index (κ2) is 7.56. The second-order valence-corrected chi connectivity index (χ2v) is 5.49. The summed E-state index contributed by atoms with van der Waals surface area (Å²) < 4.78 is 44.1. The lowest BCUT2D eigenvalue weighted by molar-refractivity contribution is -0.136. The Morgan fingerprint density at radius 1 is 1.08 bits per heavy atom. The number of morpholine rings is 1. The largest absolute Gasteiger partial charge is 0.418 e. The minimum Gasteiger partial charge on any atom is -0.378 e. The van der Waals surface area contributed by atoms with Crippen molar-refractivity contribution in [2.75, 3.05) is 41.8 Å². The van der Waals surface area contributed by atoms with Gasteiger partial charge in [0.1, 0.15) is 0 Å². The van der Waals surface area contributed by atoms with Crippen LogP contribution in [0.5, 0.6) is 0 Å². The Morgan fingerprint density at radius 2 is 1.73 bits per heavy atom. The standard InChI is InChI=1S/C16H16F3N5O2/c17-16(18,19)12-3-1-2-4-13(12)23-15(25)22-11-9-20-14(21-10-11)24-5-7-26-8-6-24/h1-4,9-10H,5-8H2,(H2,22,23,25). The number of anilines is 3. The number of carbonyl (C=O) groups is 1. The molecule has 2 amide bonds. The number of hydrogen-bond donors (Lipinski definition) is 2. The van der Waals surface area contributed by atoms with Crippen LogP contribution < -0.4 is 15.5 Å². The summed E-state index contributed by atoms with van der Waals surface area (Å²) in [6, 6.07) is 3.93. The topological polar surface area (TPSA) is 79.4 Å². The number of nitrogens with one attached hydrogen (secondary N) is 2. The lowest BCUT2D eigenvalue weighted by Crippen LogP contribution is -2.37. The first-order valence-electron chi connectivity index (χ1n) is 7.82. The first kappa shape index (κ1) is 17.9. The van der Waals surface area contributed by atoms with E-state index in [0.29, 0.717) is 32.3 Å². The van der Waals surface area contributed by atoms with E-state index in [1.165, 1.54) is 30.6 Å². The lowest BCUT2D eigenvalue weighted by Gasteiger charge is -2.26. The summed E-state index contributed by atoms with van der Waals surface area (Å²) >= 11 is 0. The Balaban J connectivity index is 1.64. The molecule has 7 nitrogen and oxygen atoms in total. The van der Waals surface area contributed by atoms with Gasteiger partial charge in [0.2, 0.25) is 5.95 Å². The van der Waals surface area contributed by atoms with Gasteiger partial charge in [-0.05, 0) is 12.1 Å². The molecule has 10 heteroatoms. The number of aromatic nitrogens is 2. The van der Waals surface area contributed by atoms with Crippen molar-refractivity contribution in [2.45, 2.75) is 6.18 Å². The molecule has 26 heavy (non-hydrogen) atoms. The van der Waals surface area contributed by atoms with Gasteiger partial charge in [-0.25, -0.2) is 14.8 Å². The molecule has 138 valence electrons. The number of amides is 2. The number of carbonyl (C=O) groups excluding carboxylic acids is 1. The zero-order valence-electron chi connectivity index (χ0n) is 13.6. The molecule has 1 aliphatic heterocycles. The summed E-state index contributed by atoms with van der Waals surface area (Å²) in [7, 11) is 0. The van der Waals surface area contributed by atoms with Crippen LogP contribution >= 0.6 is 0 Å². The van der Waals surface area contributed by atoms with Crippen molar-refractivity contribution in [2.24, 2.45) is 0 Å². The van der Waals surface area contributed by atoms with Crippen molar-refractivity contribution in [3.63, 3.8) is 0 Å². The number of nitrogens with zero attached hydrogens (tertiary/aromatic N) is 3. The van der Waals surface area contributed by atoms with E-state index >= 15 is 0 Å². The Morgan fingerprint density at radius 3 is 2.38 bits per heavy atom. The van der Waals surface area contributed by atoms with E-state index in [0.717, 1.165) is 6.07 Å². The molecule has 3 rings (SSSR count). The number of alkyl halides is 3. The lowest BCUT2D eigenvalue weighted by atomic mass is 10.1. The molecule has 0 aliphatic carbocycles. The monoisotopic (exact) mass is 367 g/mol. The van der Waals surface area contributed by atoms with E-state index < -0.39 is 17.8 Å². The zero-order valence-corrected chi connectivity index (χ0v) is 13.6. The van der Waals surface area contributed by atoms with Crippen LogP contribution in [-0.4, -0.2) is 42.3 Å². The van der Waals surface area contributed by atoms with Crippen LogP contribution in [0.25, 0.3) is 0 Å². The van der Waals surface area contributed by atoms with Crippen LogP contribution in [0, 0.1) is 0 Å². The van der Waals surface area contributed by atoms with E-state index in [-0.39, 0.29) is 11.4 Å². The molecular weight excluding hydrogens is 351 g/mol. The molecule has 1 fully saturated rings. The first-order valence-corrected chi connectivity index (χ1v) is 7.82. The molecule has 2 aromatic rings. The van der Waals surface area contributed by atoms with Gasteiger partial charge < -0.3 is 20.3 Å². The molecule has 0 radical (unpaired) electrons. The quantitative estimate of drug-likeness (QED) is 0.872. The van der Waals surface area contributed by atoms with E-state index in [1.807, 2.05) is 4.90 Å². The Bertz CT molecular complexity index is 761. The minimum atomic E-state index is -4.56. The minimum absolute atomic E-state index is 0.268. The second-order valence-electron chi connectivity index (χ2n) is 5.49. The van der Waals surface area contributed by atoms with Crippen LogP contribution in [0.2, 0.25) is 0 Å². The number of hydrogen-bond acceptors (Lipinski definition) is 5. The third kappa shape index (κ3) is 4.39. The highest BCUT2D eigenvalue weighted by molar-refractivity contribution is 6.00. The molecule has 2 N–H and O–H groups in total. The molecule has 2 heterocycles. The molecule has 0 spiro atoms. The van der Waals surface area contributed by atoms with Crippen LogP contribution in [0.1, 0.15) is 5.56 Å². The maximum absolute atomic E-state index is 12.9. The predicted molar refractivity (Wildman–Crippen MR) is 89.1 cm³/mol. The smallest absolute Gasteiger partial charge is 0.378 e. The summed E-state index contributed by atoms with van der Waals surface area (Å²) in [5.41, 5.74) is -0.985. The van der Waals surface area contributed by atoms with E-state index in [2.05, 4.69) is 20.6 Å². The third-order valence-electron chi connectivity index (χ3n) is 3.67. The fourth-order valence-electron chi connectivity index (χ4n) is 2.44. The van der Waals surface area contributed by atoms with E-state index in [1.54, 1.807) is 0 Å². The summed E-state index contributed by atoms with van der Waals surface area (Å²) in [6.45, 7) is 2.51. The van der Waals surface area contributed by atoms with Crippen molar-refractivity contribution in [1.82, 2.24) is 9.97 Å². The summed E-state index contributed by atoms with van der Waals surface area (Å²) in [4.78, 5) is 22.2. The van der Waals surface area contributed by atoms with Crippen LogP contribution in [0.4, 0.5) is 35.3 Å². The average molecular weight is 367 g/mol. The van der Waals surface area contributed by atoms with Crippen molar-refractivity contribution in [1.29, 1.82) is 0 Å². The molecular formula is C16H16F3N5O2. The molecule has 0 unspecified atom stereocenters. The van der Waals surface area contributed by atoms with Crippen molar-refractivity contribution in [3.05, 3.63) is 42.2 Å². The SMILES string of the molecule is O=C(Nc1cnc(N2CCOCC2)nc1)Nc1ccccc1C(F)(F)F. The fraction of sp³-hybridized carbons (Fsp3) is 0.312. The number of rotatable bonds is 3. The van der Waals surface area contributed by atoms with Gasteiger partial charge in [-0.3, -0.25) is 0 Å². The number of ether oxygens (including phenoxy) is 1. The zero-order chi connectivity index (χ0) is 18.6. The predicted octanol–water partition coefficient (Wildman–Crippen LogP) is 2.98. The van der Waals surface area contributed by atoms with Crippen molar-refractivity contribution >= 4 is 23.4 Å². The van der Waals surface area contributed by atoms with Gasteiger partial charge in [0.05, 0.1) is 42.5 Å². The number of para-hydroxylation sites is 1. The normalized spacial score (nSPS) is 14.8. The molecule has 1 saturated heterocycles. The Kier molecular flexibility index (Phi) is 5.21. The van der Waals surface area contributed by atoms with Crippen molar-refractivity contribution in [3.8, 4) is 0 Å². The highest BCUT2D eigenvalue weighted by Crippen LogP contribution is 2.34. The van der Waals surface area contributed by atoms with Gasteiger partial charge in [0.25, 0.3) is 0 Å². The van der Waals surface area contributed by atoms with E-state index in [9.17, 15) is 18.0 Å². The van der Waals surface area contributed by atoms with Gasteiger partial charge in [0.15, 0.2) is 0 Å². The first-order chi connectivity index (χ1) is 12.4. The summed E-state index contributed by atoms with van der Waals surface area (Å²) in [5.74, 6) is 0.502. The Hall–Kier alpha value is -2.88. The van der Waals surface area contributed by atoms with Crippen LogP contribution in [0.15, 0.2) is 36.7 Å². The molecule has 0 atom stereocenters. The van der Waals surface area contributed by atoms with Crippen molar-refractivity contribution < 1.29 is 22.7 Å².